The zero-order valence-electron chi connectivity index (χ0n) is 16.8. The highest BCUT2D eigenvalue weighted by molar-refractivity contribution is 7.89. The first-order chi connectivity index (χ1) is 13.6. The number of hydrogen-bond donors (Lipinski definition) is 0. The van der Waals surface area contributed by atoms with E-state index in [-0.39, 0.29) is 35.4 Å². The van der Waals surface area contributed by atoms with Crippen LogP contribution in [-0.2, 0) is 21.4 Å². The third-order valence-corrected chi connectivity index (χ3v) is 6.46. The van der Waals surface area contributed by atoms with Crippen molar-refractivity contribution in [3.63, 3.8) is 0 Å². The van der Waals surface area contributed by atoms with Gasteiger partial charge in [0, 0.05) is 39.2 Å². The molecule has 29 heavy (non-hydrogen) atoms. The lowest BCUT2D eigenvalue weighted by molar-refractivity contribution is -0.130. The van der Waals surface area contributed by atoms with Crippen LogP contribution in [0.25, 0.3) is 0 Å². The Morgan fingerprint density at radius 3 is 2.10 bits per heavy atom. The average molecular weight is 421 g/mol. The zero-order valence-corrected chi connectivity index (χ0v) is 17.6. The Morgan fingerprint density at radius 2 is 1.55 bits per heavy atom. The van der Waals surface area contributed by atoms with Crippen LogP contribution in [-0.4, -0.2) is 50.0 Å². The third kappa shape index (κ3) is 6.20. The summed E-state index contributed by atoms with van der Waals surface area (Å²) in [5.41, 5.74) is 1.26. The van der Waals surface area contributed by atoms with E-state index in [9.17, 15) is 22.4 Å². The number of sulfonamides is 1. The molecule has 0 N–H and O–H groups in total. The van der Waals surface area contributed by atoms with Gasteiger partial charge in [-0.05, 0) is 43.2 Å². The molecule has 0 fully saturated rings. The summed E-state index contributed by atoms with van der Waals surface area (Å²) in [6.45, 7) is 1.96. The largest absolute Gasteiger partial charge is 0.341 e. The zero-order chi connectivity index (χ0) is 21.6. The number of ketones is 1. The van der Waals surface area contributed by atoms with Crippen LogP contribution < -0.4 is 0 Å². The fourth-order valence-electron chi connectivity index (χ4n) is 2.76. The first kappa shape index (κ1) is 22.7. The molecule has 0 aliphatic rings. The van der Waals surface area contributed by atoms with E-state index in [4.69, 9.17) is 0 Å². The Morgan fingerprint density at radius 1 is 0.966 bits per heavy atom. The summed E-state index contributed by atoms with van der Waals surface area (Å²) < 4.78 is 39.4. The topological polar surface area (TPSA) is 74.8 Å². The van der Waals surface area contributed by atoms with Gasteiger partial charge < -0.3 is 4.90 Å². The van der Waals surface area contributed by atoms with Crippen molar-refractivity contribution in [3.8, 4) is 0 Å². The molecule has 0 atom stereocenters. The molecule has 0 bridgehead atoms. The molecule has 8 heteroatoms. The molecule has 156 valence electrons. The Hall–Kier alpha value is -2.58. The number of amides is 1. The van der Waals surface area contributed by atoms with Gasteiger partial charge in [-0.3, -0.25) is 9.59 Å². The molecule has 0 aliphatic carbocycles. The maximum atomic E-state index is 12.9. The van der Waals surface area contributed by atoms with Crippen LogP contribution in [0.5, 0.6) is 0 Å². The van der Waals surface area contributed by atoms with E-state index in [1.54, 1.807) is 19.2 Å². The van der Waals surface area contributed by atoms with Gasteiger partial charge in [-0.25, -0.2) is 17.1 Å². The van der Waals surface area contributed by atoms with Crippen LogP contribution in [0.2, 0.25) is 0 Å². The molecule has 6 nitrogen and oxygen atoms in total. The van der Waals surface area contributed by atoms with E-state index in [2.05, 4.69) is 0 Å². The normalized spacial score (nSPS) is 11.5. The minimum Gasteiger partial charge on any atom is -0.341 e. The Balaban J connectivity index is 1.87. The minimum atomic E-state index is -3.69. The van der Waals surface area contributed by atoms with E-state index in [0.29, 0.717) is 18.5 Å². The van der Waals surface area contributed by atoms with Crippen LogP contribution in [0.3, 0.4) is 0 Å². The predicted octanol–water partition coefficient (Wildman–Crippen LogP) is 3.09. The molecule has 0 aromatic heterocycles. The number of halogens is 1. The Kier molecular flexibility index (Phi) is 7.64. The second-order valence-corrected chi connectivity index (χ2v) is 8.93. The van der Waals surface area contributed by atoms with Gasteiger partial charge in [-0.1, -0.05) is 24.3 Å². The molecular weight excluding hydrogens is 395 g/mol. The average Bonchev–Trinajstić information content (AvgIpc) is 2.69. The number of Topliss-reactive ketones (excluding diaryl/α,β-unsaturated/α-hetero) is 1. The molecule has 0 saturated heterocycles. The lowest BCUT2D eigenvalue weighted by atomic mass is 10.2. The number of carbonyl (C=O) groups excluding carboxylic acids is 2. The fraction of sp³-hybridized carbons (Fsp3) is 0.333. The second kappa shape index (κ2) is 9.76. The van der Waals surface area contributed by atoms with Gasteiger partial charge in [-0.15, -0.1) is 0 Å². The van der Waals surface area contributed by atoms with Crippen molar-refractivity contribution in [1.29, 1.82) is 0 Å². The monoisotopic (exact) mass is 420 g/mol. The van der Waals surface area contributed by atoms with E-state index in [1.165, 1.54) is 59.6 Å². The van der Waals surface area contributed by atoms with Gasteiger partial charge in [0.15, 0.2) is 5.78 Å². The molecular formula is C21H25FN2O4S. The van der Waals surface area contributed by atoms with Crippen LogP contribution in [0.4, 0.5) is 4.39 Å². The molecule has 0 saturated carbocycles. The van der Waals surface area contributed by atoms with Crippen molar-refractivity contribution in [2.75, 3.05) is 20.6 Å². The maximum absolute atomic E-state index is 12.9. The van der Waals surface area contributed by atoms with Crippen molar-refractivity contribution in [2.45, 2.75) is 31.2 Å². The van der Waals surface area contributed by atoms with Crippen LogP contribution in [0, 0.1) is 5.82 Å². The van der Waals surface area contributed by atoms with Gasteiger partial charge in [0.25, 0.3) is 0 Å². The quantitative estimate of drug-likeness (QED) is 0.585. The SMILES string of the molecule is CC(=O)c1ccc(S(=O)(=O)N(C)CCCC(=O)N(C)Cc2ccc(F)cc2)cc1. The summed E-state index contributed by atoms with van der Waals surface area (Å²) in [7, 11) is -0.576. The van der Waals surface area contributed by atoms with Gasteiger partial charge in [0.05, 0.1) is 4.90 Å². The van der Waals surface area contributed by atoms with Crippen molar-refractivity contribution in [3.05, 3.63) is 65.5 Å². The van der Waals surface area contributed by atoms with Crippen molar-refractivity contribution in [1.82, 2.24) is 9.21 Å². The van der Waals surface area contributed by atoms with Crippen LogP contribution in [0.1, 0.15) is 35.7 Å². The molecule has 0 spiro atoms. The third-order valence-electron chi connectivity index (χ3n) is 4.59. The second-order valence-electron chi connectivity index (χ2n) is 6.89. The number of hydrogen-bond acceptors (Lipinski definition) is 4. The Labute approximate surface area is 171 Å². The van der Waals surface area contributed by atoms with Gasteiger partial charge in [0.1, 0.15) is 5.82 Å². The smallest absolute Gasteiger partial charge is 0.242 e. The predicted molar refractivity (Wildman–Crippen MR) is 108 cm³/mol. The van der Waals surface area contributed by atoms with Crippen molar-refractivity contribution < 1.29 is 22.4 Å². The van der Waals surface area contributed by atoms with Crippen molar-refractivity contribution >= 4 is 21.7 Å². The molecule has 2 rings (SSSR count). The number of rotatable bonds is 9. The summed E-state index contributed by atoms with van der Waals surface area (Å²) in [6.07, 6.45) is 0.564. The summed E-state index contributed by atoms with van der Waals surface area (Å²) in [4.78, 5) is 25.2. The standard InChI is InChI=1S/C21H25FN2O4S/c1-16(25)18-8-12-20(13-9-18)29(27,28)24(3)14-4-5-21(26)23(2)15-17-6-10-19(22)11-7-17/h6-13H,4-5,14-15H2,1-3H3. The molecule has 0 aliphatic heterocycles. The molecule has 0 unspecified atom stereocenters. The summed E-state index contributed by atoms with van der Waals surface area (Å²) in [5, 5.41) is 0. The highest BCUT2D eigenvalue weighted by Gasteiger charge is 2.21. The lowest BCUT2D eigenvalue weighted by Crippen LogP contribution is -2.30. The van der Waals surface area contributed by atoms with E-state index >= 15 is 0 Å². The molecule has 0 radical (unpaired) electrons. The maximum Gasteiger partial charge on any atom is 0.242 e. The minimum absolute atomic E-state index is 0.102. The number of nitrogens with zero attached hydrogens (tertiary/aromatic N) is 2. The highest BCUT2D eigenvalue weighted by Crippen LogP contribution is 2.16. The molecule has 2 aromatic carbocycles. The van der Waals surface area contributed by atoms with E-state index in [1.807, 2.05) is 0 Å². The lowest BCUT2D eigenvalue weighted by Gasteiger charge is -2.20. The number of benzene rings is 2. The summed E-state index contributed by atoms with van der Waals surface area (Å²) in [6, 6.07) is 11.7. The van der Waals surface area contributed by atoms with E-state index < -0.39 is 10.0 Å². The fourth-order valence-corrected chi connectivity index (χ4v) is 3.97. The summed E-state index contributed by atoms with van der Waals surface area (Å²) in [5.74, 6) is -0.584. The van der Waals surface area contributed by atoms with Crippen molar-refractivity contribution in [2.24, 2.45) is 0 Å². The highest BCUT2D eigenvalue weighted by atomic mass is 32.2. The summed E-state index contributed by atoms with van der Waals surface area (Å²) >= 11 is 0. The molecule has 2 aromatic rings. The van der Waals surface area contributed by atoms with Crippen LogP contribution >= 0.6 is 0 Å². The molecule has 0 heterocycles. The van der Waals surface area contributed by atoms with Gasteiger partial charge >= 0.3 is 0 Å². The Bertz CT molecular complexity index is 957. The first-order valence-corrected chi connectivity index (χ1v) is 10.6. The van der Waals surface area contributed by atoms with Gasteiger partial charge in [-0.2, -0.15) is 0 Å². The number of carbonyl (C=O) groups is 2. The first-order valence-electron chi connectivity index (χ1n) is 9.17. The van der Waals surface area contributed by atoms with Crippen LogP contribution in [0.15, 0.2) is 53.4 Å². The van der Waals surface area contributed by atoms with Gasteiger partial charge in [0.2, 0.25) is 15.9 Å². The van der Waals surface area contributed by atoms with E-state index in [0.717, 1.165) is 5.56 Å². The molecule has 1 amide bonds.